The van der Waals surface area contributed by atoms with Gasteiger partial charge < -0.3 is 5.32 Å². The third-order valence-electron chi connectivity index (χ3n) is 1.42. The van der Waals surface area contributed by atoms with Crippen LogP contribution >= 0.6 is 27.7 Å². The van der Waals surface area contributed by atoms with Gasteiger partial charge >= 0.3 is 0 Å². The Labute approximate surface area is 73.3 Å². The minimum atomic E-state index is 0.188. The van der Waals surface area contributed by atoms with Crippen LogP contribution in [0.5, 0.6) is 0 Å². The molecule has 0 bridgehead atoms. The number of Topliss-reactive ketones (excluding diaryl/α,β-unsaturated/α-hetero) is 1. The minimum absolute atomic E-state index is 0.188. The van der Waals surface area contributed by atoms with Crippen molar-refractivity contribution in [3.8, 4) is 0 Å². The SMILES string of the molecule is O=C(CBr)C1CNCCS1. The molecule has 1 heterocycles. The van der Waals surface area contributed by atoms with E-state index in [-0.39, 0.29) is 5.25 Å². The Balaban J connectivity index is 2.31. The van der Waals surface area contributed by atoms with Crippen LogP contribution in [-0.4, -0.2) is 35.2 Å². The van der Waals surface area contributed by atoms with Crippen LogP contribution in [0.1, 0.15) is 0 Å². The second-order valence-electron chi connectivity index (χ2n) is 2.16. The van der Waals surface area contributed by atoms with Gasteiger partial charge in [-0.3, -0.25) is 4.79 Å². The van der Waals surface area contributed by atoms with Crippen molar-refractivity contribution < 1.29 is 4.79 Å². The Kier molecular flexibility index (Phi) is 3.73. The molecule has 0 spiro atoms. The van der Waals surface area contributed by atoms with Gasteiger partial charge in [0.1, 0.15) is 0 Å². The van der Waals surface area contributed by atoms with Crippen molar-refractivity contribution in [1.29, 1.82) is 0 Å². The maximum Gasteiger partial charge on any atom is 0.157 e. The van der Waals surface area contributed by atoms with Crippen LogP contribution in [0.2, 0.25) is 0 Å². The van der Waals surface area contributed by atoms with E-state index in [2.05, 4.69) is 21.2 Å². The first-order valence-corrected chi connectivity index (χ1v) is 5.42. The van der Waals surface area contributed by atoms with Gasteiger partial charge in [0.2, 0.25) is 0 Å². The summed E-state index contributed by atoms with van der Waals surface area (Å²) in [7, 11) is 0. The van der Waals surface area contributed by atoms with Gasteiger partial charge in [-0.15, -0.1) is 11.8 Å². The van der Waals surface area contributed by atoms with E-state index in [1.807, 2.05) is 0 Å². The summed E-state index contributed by atoms with van der Waals surface area (Å²) >= 11 is 4.91. The second-order valence-corrected chi connectivity index (χ2v) is 4.03. The van der Waals surface area contributed by atoms with Crippen molar-refractivity contribution >= 4 is 33.5 Å². The van der Waals surface area contributed by atoms with Gasteiger partial charge in [0.05, 0.1) is 10.6 Å². The van der Waals surface area contributed by atoms with Gasteiger partial charge in [-0.2, -0.15) is 0 Å². The fraction of sp³-hybridized carbons (Fsp3) is 0.833. The molecule has 1 saturated heterocycles. The lowest BCUT2D eigenvalue weighted by molar-refractivity contribution is -0.116. The number of hydrogen-bond donors (Lipinski definition) is 1. The summed E-state index contributed by atoms with van der Waals surface area (Å²) in [5, 5.41) is 3.87. The van der Waals surface area contributed by atoms with Crippen LogP contribution < -0.4 is 5.32 Å². The van der Waals surface area contributed by atoms with Gasteiger partial charge in [0.25, 0.3) is 0 Å². The zero-order valence-corrected chi connectivity index (χ0v) is 8.00. The average molecular weight is 224 g/mol. The predicted molar refractivity (Wildman–Crippen MR) is 47.9 cm³/mol. The Bertz CT molecular complexity index is 125. The maximum absolute atomic E-state index is 11.1. The van der Waals surface area contributed by atoms with Crippen LogP contribution in [0, 0.1) is 0 Å². The highest BCUT2D eigenvalue weighted by molar-refractivity contribution is 9.09. The van der Waals surface area contributed by atoms with E-state index in [0.29, 0.717) is 11.1 Å². The molecule has 0 aliphatic carbocycles. The lowest BCUT2D eigenvalue weighted by atomic mass is 10.3. The smallest absolute Gasteiger partial charge is 0.157 e. The average Bonchev–Trinajstić information content (AvgIpc) is 2.05. The summed E-state index contributed by atoms with van der Waals surface area (Å²) in [6.45, 7) is 1.88. The Hall–Kier alpha value is 0.460. The monoisotopic (exact) mass is 223 g/mol. The van der Waals surface area contributed by atoms with Gasteiger partial charge in [-0.1, -0.05) is 15.9 Å². The van der Waals surface area contributed by atoms with E-state index in [1.165, 1.54) is 0 Å². The summed E-state index contributed by atoms with van der Waals surface area (Å²) in [5.74, 6) is 1.36. The van der Waals surface area contributed by atoms with Crippen LogP contribution in [-0.2, 0) is 4.79 Å². The maximum atomic E-state index is 11.1. The fourth-order valence-electron chi connectivity index (χ4n) is 0.858. The lowest BCUT2D eigenvalue weighted by Gasteiger charge is -2.19. The van der Waals surface area contributed by atoms with E-state index < -0.39 is 0 Å². The van der Waals surface area contributed by atoms with Crippen molar-refractivity contribution in [2.75, 3.05) is 24.2 Å². The number of ketones is 1. The van der Waals surface area contributed by atoms with Crippen LogP contribution in [0.4, 0.5) is 0 Å². The molecule has 58 valence electrons. The van der Waals surface area contributed by atoms with Crippen LogP contribution in [0.25, 0.3) is 0 Å². The van der Waals surface area contributed by atoms with E-state index >= 15 is 0 Å². The number of rotatable bonds is 2. The first-order chi connectivity index (χ1) is 4.84. The normalized spacial score (nSPS) is 26.3. The van der Waals surface area contributed by atoms with Crippen molar-refractivity contribution in [2.24, 2.45) is 0 Å². The molecule has 1 unspecified atom stereocenters. The molecule has 10 heavy (non-hydrogen) atoms. The molecule has 0 aromatic heterocycles. The van der Waals surface area contributed by atoms with Gasteiger partial charge in [0.15, 0.2) is 5.78 Å². The quantitative estimate of drug-likeness (QED) is 0.698. The van der Waals surface area contributed by atoms with Gasteiger partial charge in [-0.25, -0.2) is 0 Å². The van der Waals surface area contributed by atoms with Crippen molar-refractivity contribution in [3.63, 3.8) is 0 Å². The summed E-state index contributed by atoms with van der Waals surface area (Å²) in [6.07, 6.45) is 0. The molecule has 1 rings (SSSR count). The van der Waals surface area contributed by atoms with Crippen LogP contribution in [0.15, 0.2) is 0 Å². The summed E-state index contributed by atoms with van der Waals surface area (Å²) in [6, 6.07) is 0. The van der Waals surface area contributed by atoms with E-state index in [0.717, 1.165) is 18.8 Å². The number of carbonyl (C=O) groups is 1. The standard InChI is InChI=1S/C6H10BrNOS/c7-3-5(9)6-4-8-1-2-10-6/h6,8H,1-4H2. The van der Waals surface area contributed by atoms with Crippen LogP contribution in [0.3, 0.4) is 0 Å². The number of nitrogens with one attached hydrogen (secondary N) is 1. The van der Waals surface area contributed by atoms with Gasteiger partial charge in [0, 0.05) is 18.8 Å². The molecule has 2 nitrogen and oxygen atoms in total. The first kappa shape index (κ1) is 8.56. The molecule has 0 aromatic rings. The molecule has 4 heteroatoms. The first-order valence-electron chi connectivity index (χ1n) is 3.25. The Morgan fingerprint density at radius 1 is 1.80 bits per heavy atom. The fourth-order valence-corrected chi connectivity index (χ4v) is 2.51. The van der Waals surface area contributed by atoms with Crippen molar-refractivity contribution in [3.05, 3.63) is 0 Å². The van der Waals surface area contributed by atoms with Gasteiger partial charge in [-0.05, 0) is 0 Å². The van der Waals surface area contributed by atoms with Crippen molar-refractivity contribution in [2.45, 2.75) is 5.25 Å². The second kappa shape index (κ2) is 4.36. The third kappa shape index (κ3) is 2.25. The summed E-state index contributed by atoms with van der Waals surface area (Å²) in [5.41, 5.74) is 0. The molecule has 1 aliphatic heterocycles. The molecule has 0 saturated carbocycles. The van der Waals surface area contributed by atoms with Crippen molar-refractivity contribution in [1.82, 2.24) is 5.32 Å². The third-order valence-corrected chi connectivity index (χ3v) is 3.24. The number of halogens is 1. The molecule has 0 aromatic carbocycles. The summed E-state index contributed by atoms with van der Waals surface area (Å²) < 4.78 is 0. The minimum Gasteiger partial charge on any atom is -0.314 e. The van der Waals surface area contributed by atoms with E-state index in [1.54, 1.807) is 11.8 Å². The predicted octanol–water partition coefficient (Wildman–Crippen LogP) is 0.655. The van der Waals surface area contributed by atoms with E-state index in [9.17, 15) is 4.79 Å². The molecule has 1 aliphatic rings. The highest BCUT2D eigenvalue weighted by Crippen LogP contribution is 2.14. The molecule has 1 atom stereocenters. The topological polar surface area (TPSA) is 29.1 Å². The summed E-state index contributed by atoms with van der Waals surface area (Å²) in [4.78, 5) is 11.1. The Morgan fingerprint density at radius 2 is 2.60 bits per heavy atom. The molecule has 1 N–H and O–H groups in total. The zero-order chi connectivity index (χ0) is 7.40. The number of carbonyl (C=O) groups excluding carboxylic acids is 1. The largest absolute Gasteiger partial charge is 0.314 e. The molecule has 0 amide bonds. The molecule has 1 fully saturated rings. The molecule has 0 radical (unpaired) electrons. The molecular weight excluding hydrogens is 214 g/mol. The zero-order valence-electron chi connectivity index (χ0n) is 5.60. The highest BCUT2D eigenvalue weighted by Gasteiger charge is 2.19. The number of thioether (sulfide) groups is 1. The molecular formula is C6H10BrNOS. The van der Waals surface area contributed by atoms with E-state index in [4.69, 9.17) is 0 Å². The lowest BCUT2D eigenvalue weighted by Crippen LogP contribution is -2.37. The Morgan fingerprint density at radius 3 is 3.10 bits per heavy atom. The number of hydrogen-bond acceptors (Lipinski definition) is 3. The number of alkyl halides is 1. The highest BCUT2D eigenvalue weighted by atomic mass is 79.9.